The van der Waals surface area contributed by atoms with Gasteiger partial charge in [-0.25, -0.2) is 9.48 Å². The van der Waals surface area contributed by atoms with Crippen molar-refractivity contribution in [2.75, 3.05) is 25.0 Å². The number of para-hydroxylation sites is 1. The molecule has 1 aliphatic rings. The van der Waals surface area contributed by atoms with Gasteiger partial charge in [0.2, 0.25) is 0 Å². The Morgan fingerprint density at radius 3 is 2.63 bits per heavy atom. The van der Waals surface area contributed by atoms with Gasteiger partial charge in [-0.05, 0) is 43.1 Å². The van der Waals surface area contributed by atoms with Crippen molar-refractivity contribution >= 4 is 11.8 Å². The van der Waals surface area contributed by atoms with Gasteiger partial charge in [0, 0.05) is 37.5 Å². The van der Waals surface area contributed by atoms with Crippen LogP contribution in [0.15, 0.2) is 67.0 Å². The van der Waals surface area contributed by atoms with E-state index < -0.39 is 0 Å². The third-order valence-corrected chi connectivity index (χ3v) is 6.65. The molecule has 180 valence electrons. The SMILES string of the molecule is CCN1CCc2ccccc2C(NC(=O)Nc2c(C)c(-c3cnn(C)c3)nn2-c2ccccc2)C1. The van der Waals surface area contributed by atoms with Gasteiger partial charge >= 0.3 is 6.03 Å². The highest BCUT2D eigenvalue weighted by atomic mass is 16.2. The minimum Gasteiger partial charge on any atom is -0.330 e. The van der Waals surface area contributed by atoms with E-state index in [4.69, 9.17) is 5.10 Å². The topological polar surface area (TPSA) is 80.0 Å². The predicted molar refractivity (Wildman–Crippen MR) is 138 cm³/mol. The van der Waals surface area contributed by atoms with E-state index in [0.29, 0.717) is 5.82 Å². The predicted octanol–water partition coefficient (Wildman–Crippen LogP) is 4.32. The number of rotatable bonds is 5. The van der Waals surface area contributed by atoms with Crippen molar-refractivity contribution in [3.8, 4) is 16.9 Å². The minimum absolute atomic E-state index is 0.0974. The van der Waals surface area contributed by atoms with Gasteiger partial charge < -0.3 is 10.2 Å². The number of carbonyl (C=O) groups excluding carboxylic acids is 1. The van der Waals surface area contributed by atoms with Gasteiger partial charge in [0.05, 0.1) is 17.9 Å². The Morgan fingerprint density at radius 1 is 1.11 bits per heavy atom. The lowest BCUT2D eigenvalue weighted by molar-refractivity contribution is 0.236. The standard InChI is InChI=1S/C27H31N7O/c1-4-33-15-14-20-10-8-9-13-23(20)24(18-33)29-27(35)30-26-19(2)25(21-16-28-32(3)17-21)31-34(26)22-11-6-5-7-12-22/h5-13,16-17,24H,4,14-15,18H2,1-3H3,(H2,29,30,35). The molecule has 2 amide bonds. The second-order valence-electron chi connectivity index (χ2n) is 8.97. The van der Waals surface area contributed by atoms with E-state index in [9.17, 15) is 4.79 Å². The lowest BCUT2D eigenvalue weighted by Crippen LogP contribution is -2.39. The van der Waals surface area contributed by atoms with Gasteiger partial charge in [0.15, 0.2) is 0 Å². The van der Waals surface area contributed by atoms with Crippen LogP contribution in [0.2, 0.25) is 0 Å². The first kappa shape index (κ1) is 22.9. The average molecular weight is 470 g/mol. The van der Waals surface area contributed by atoms with E-state index in [1.165, 1.54) is 11.1 Å². The lowest BCUT2D eigenvalue weighted by atomic mass is 10.00. The number of amides is 2. The van der Waals surface area contributed by atoms with Crippen molar-refractivity contribution in [1.82, 2.24) is 29.8 Å². The number of aryl methyl sites for hydroxylation is 1. The zero-order chi connectivity index (χ0) is 24.4. The van der Waals surface area contributed by atoms with E-state index in [1.54, 1.807) is 15.6 Å². The Kier molecular flexibility index (Phi) is 6.37. The van der Waals surface area contributed by atoms with Gasteiger partial charge in [-0.15, -0.1) is 0 Å². The number of likely N-dealkylation sites (N-methyl/N-ethyl adjacent to an activating group) is 1. The number of nitrogens with one attached hydrogen (secondary N) is 2. The third kappa shape index (κ3) is 4.70. The van der Waals surface area contributed by atoms with Gasteiger partial charge in [-0.3, -0.25) is 10.00 Å². The van der Waals surface area contributed by atoms with E-state index in [-0.39, 0.29) is 12.1 Å². The number of aromatic nitrogens is 4. The molecule has 0 spiro atoms. The molecular weight excluding hydrogens is 438 g/mol. The molecule has 1 aliphatic heterocycles. The van der Waals surface area contributed by atoms with E-state index >= 15 is 0 Å². The summed E-state index contributed by atoms with van der Waals surface area (Å²) in [5.74, 6) is 0.641. The van der Waals surface area contributed by atoms with Crippen molar-refractivity contribution in [2.24, 2.45) is 7.05 Å². The molecule has 8 heteroatoms. The van der Waals surface area contributed by atoms with Crippen molar-refractivity contribution in [3.63, 3.8) is 0 Å². The Hall–Kier alpha value is -3.91. The van der Waals surface area contributed by atoms with Gasteiger partial charge in [-0.1, -0.05) is 49.4 Å². The molecule has 0 aliphatic carbocycles. The van der Waals surface area contributed by atoms with Crippen LogP contribution in [0.5, 0.6) is 0 Å². The van der Waals surface area contributed by atoms with Crippen LogP contribution in [0, 0.1) is 6.92 Å². The van der Waals surface area contributed by atoms with Crippen LogP contribution in [-0.2, 0) is 13.5 Å². The summed E-state index contributed by atoms with van der Waals surface area (Å²) in [7, 11) is 1.88. The summed E-state index contributed by atoms with van der Waals surface area (Å²) < 4.78 is 3.54. The van der Waals surface area contributed by atoms with Crippen LogP contribution < -0.4 is 10.6 Å². The molecule has 5 rings (SSSR count). The second-order valence-corrected chi connectivity index (χ2v) is 8.97. The van der Waals surface area contributed by atoms with E-state index in [2.05, 4.69) is 45.8 Å². The molecule has 0 radical (unpaired) electrons. The number of anilines is 1. The summed E-state index contributed by atoms with van der Waals surface area (Å²) in [5, 5.41) is 15.5. The lowest BCUT2D eigenvalue weighted by Gasteiger charge is -2.25. The number of benzene rings is 2. The Bertz CT molecular complexity index is 1320. The van der Waals surface area contributed by atoms with Crippen LogP contribution in [0.25, 0.3) is 16.9 Å². The molecule has 35 heavy (non-hydrogen) atoms. The van der Waals surface area contributed by atoms with Crippen LogP contribution >= 0.6 is 0 Å². The maximum Gasteiger partial charge on any atom is 0.320 e. The van der Waals surface area contributed by atoms with E-state index in [0.717, 1.165) is 48.6 Å². The summed E-state index contributed by atoms with van der Waals surface area (Å²) in [4.78, 5) is 15.8. The number of urea groups is 1. The van der Waals surface area contributed by atoms with Crippen LogP contribution in [0.1, 0.15) is 29.7 Å². The zero-order valence-corrected chi connectivity index (χ0v) is 20.4. The van der Waals surface area contributed by atoms with Crippen LogP contribution in [-0.4, -0.2) is 50.1 Å². The first-order valence-electron chi connectivity index (χ1n) is 12.0. The molecule has 3 heterocycles. The molecule has 2 N–H and O–H groups in total. The molecule has 1 unspecified atom stereocenters. The largest absolute Gasteiger partial charge is 0.330 e. The van der Waals surface area contributed by atoms with Crippen LogP contribution in [0.4, 0.5) is 10.6 Å². The maximum atomic E-state index is 13.4. The van der Waals surface area contributed by atoms with Gasteiger partial charge in [0.1, 0.15) is 11.5 Å². The quantitative estimate of drug-likeness (QED) is 0.456. The van der Waals surface area contributed by atoms with Crippen molar-refractivity contribution < 1.29 is 4.79 Å². The van der Waals surface area contributed by atoms with Gasteiger partial charge in [0.25, 0.3) is 0 Å². The Morgan fingerprint density at radius 2 is 1.89 bits per heavy atom. The number of carbonyl (C=O) groups is 1. The Balaban J connectivity index is 1.46. The fraction of sp³-hybridized carbons (Fsp3) is 0.296. The maximum absolute atomic E-state index is 13.4. The molecule has 2 aromatic carbocycles. The molecular formula is C27H31N7O. The number of hydrogen-bond donors (Lipinski definition) is 2. The number of nitrogens with zero attached hydrogens (tertiary/aromatic N) is 5. The smallest absolute Gasteiger partial charge is 0.320 e. The zero-order valence-electron chi connectivity index (χ0n) is 20.4. The monoisotopic (exact) mass is 469 g/mol. The third-order valence-electron chi connectivity index (χ3n) is 6.65. The molecule has 0 bridgehead atoms. The summed E-state index contributed by atoms with van der Waals surface area (Å²) in [5.41, 5.74) is 5.92. The highest BCUT2D eigenvalue weighted by Gasteiger charge is 2.25. The molecule has 0 fully saturated rings. The highest BCUT2D eigenvalue weighted by molar-refractivity contribution is 5.91. The average Bonchev–Trinajstić information content (AvgIpc) is 3.38. The summed E-state index contributed by atoms with van der Waals surface area (Å²) in [6, 6.07) is 17.9. The molecule has 4 aromatic rings. The highest BCUT2D eigenvalue weighted by Crippen LogP contribution is 2.30. The first-order chi connectivity index (χ1) is 17.0. The van der Waals surface area contributed by atoms with Crippen molar-refractivity contribution in [2.45, 2.75) is 26.3 Å². The molecule has 0 saturated heterocycles. The fourth-order valence-corrected chi connectivity index (χ4v) is 4.76. The van der Waals surface area contributed by atoms with Crippen molar-refractivity contribution in [1.29, 1.82) is 0 Å². The summed E-state index contributed by atoms with van der Waals surface area (Å²) in [6.07, 6.45) is 4.70. The van der Waals surface area contributed by atoms with Crippen LogP contribution in [0.3, 0.4) is 0 Å². The second kappa shape index (κ2) is 9.76. The fourth-order valence-electron chi connectivity index (χ4n) is 4.76. The molecule has 1 atom stereocenters. The normalized spacial score (nSPS) is 15.9. The molecule has 2 aromatic heterocycles. The van der Waals surface area contributed by atoms with E-state index in [1.807, 2.05) is 56.6 Å². The Labute approximate surface area is 205 Å². The molecule has 0 saturated carbocycles. The van der Waals surface area contributed by atoms with Gasteiger partial charge in [-0.2, -0.15) is 10.2 Å². The molecule has 8 nitrogen and oxygen atoms in total. The van der Waals surface area contributed by atoms with Crippen molar-refractivity contribution in [3.05, 3.63) is 83.7 Å². The number of hydrogen-bond acceptors (Lipinski definition) is 4. The summed E-state index contributed by atoms with van der Waals surface area (Å²) in [6.45, 7) is 6.85. The number of fused-ring (bicyclic) bond motifs is 1. The summed E-state index contributed by atoms with van der Waals surface area (Å²) >= 11 is 0. The minimum atomic E-state index is -0.249. The first-order valence-corrected chi connectivity index (χ1v) is 12.0.